The summed E-state index contributed by atoms with van der Waals surface area (Å²) in [4.78, 5) is 25.7. The number of nitrogens with zero attached hydrogens (tertiary/aromatic N) is 5. The first kappa shape index (κ1) is 20.6. The minimum absolute atomic E-state index is 0.136. The van der Waals surface area contributed by atoms with E-state index in [1.165, 1.54) is 0 Å². The second-order valence-electron chi connectivity index (χ2n) is 7.50. The summed E-state index contributed by atoms with van der Waals surface area (Å²) >= 11 is 0. The molecule has 1 aromatic heterocycles. The normalized spacial score (nSPS) is 20.9. The Labute approximate surface area is 166 Å². The molecule has 156 valence electrons. The molecule has 0 radical (unpaired) electrons. The highest BCUT2D eigenvalue weighted by Crippen LogP contribution is 2.16. The molecule has 0 aliphatic carbocycles. The van der Waals surface area contributed by atoms with Crippen LogP contribution in [0.2, 0.25) is 0 Å². The lowest BCUT2D eigenvalue weighted by Crippen LogP contribution is -2.55. The first-order valence-electron chi connectivity index (χ1n) is 10.3. The fraction of sp³-hybridized carbons (Fsp3) is 0.789. The number of aliphatic imine (C=N–C) groups is 1. The zero-order valence-corrected chi connectivity index (χ0v) is 17.2. The van der Waals surface area contributed by atoms with E-state index in [9.17, 15) is 4.79 Å². The molecule has 2 saturated heterocycles. The van der Waals surface area contributed by atoms with Crippen LogP contribution in [-0.4, -0.2) is 83.8 Å². The van der Waals surface area contributed by atoms with Gasteiger partial charge in [0.2, 0.25) is 5.89 Å². The summed E-state index contributed by atoms with van der Waals surface area (Å²) in [5, 5.41) is 7.33. The highest BCUT2D eigenvalue weighted by atomic mass is 16.5. The highest BCUT2D eigenvalue weighted by molar-refractivity contribution is 5.82. The number of carbonyl (C=O) groups excluding carboxylic acids is 1. The summed E-state index contributed by atoms with van der Waals surface area (Å²) in [5.74, 6) is 2.62. The molecule has 0 aromatic carbocycles. The first-order valence-corrected chi connectivity index (χ1v) is 10.3. The second-order valence-corrected chi connectivity index (χ2v) is 7.50. The summed E-state index contributed by atoms with van der Waals surface area (Å²) < 4.78 is 10.8. The first-order chi connectivity index (χ1) is 13.6. The third-order valence-corrected chi connectivity index (χ3v) is 5.02. The van der Waals surface area contributed by atoms with E-state index in [1.54, 1.807) is 0 Å². The predicted octanol–water partition coefficient (Wildman–Crippen LogP) is 1.02. The van der Waals surface area contributed by atoms with Gasteiger partial charge in [-0.1, -0.05) is 19.0 Å². The lowest BCUT2D eigenvalue weighted by molar-refractivity contribution is -0.142. The van der Waals surface area contributed by atoms with Crippen LogP contribution in [0, 0.1) is 0 Å². The van der Waals surface area contributed by atoms with Gasteiger partial charge in [-0.25, -0.2) is 0 Å². The van der Waals surface area contributed by atoms with E-state index >= 15 is 0 Å². The molecule has 3 rings (SSSR count). The molecule has 2 aliphatic heterocycles. The Morgan fingerprint density at radius 1 is 1.29 bits per heavy atom. The molecule has 28 heavy (non-hydrogen) atoms. The van der Waals surface area contributed by atoms with Crippen molar-refractivity contribution in [3.8, 4) is 0 Å². The summed E-state index contributed by atoms with van der Waals surface area (Å²) in [6, 6.07) is 0. The van der Waals surface area contributed by atoms with Crippen molar-refractivity contribution in [1.82, 2.24) is 25.3 Å². The van der Waals surface area contributed by atoms with E-state index in [2.05, 4.69) is 27.3 Å². The molecule has 2 aliphatic rings. The topological polar surface area (TPSA) is 96.1 Å². The van der Waals surface area contributed by atoms with Gasteiger partial charge in [-0.15, -0.1) is 0 Å². The Morgan fingerprint density at radius 2 is 2.04 bits per heavy atom. The summed E-state index contributed by atoms with van der Waals surface area (Å²) in [6.45, 7) is 11.1. The van der Waals surface area contributed by atoms with Crippen molar-refractivity contribution in [1.29, 1.82) is 0 Å². The number of rotatable bonds is 6. The number of carbonyl (C=O) groups is 1. The van der Waals surface area contributed by atoms with Gasteiger partial charge in [0.1, 0.15) is 6.10 Å². The number of amides is 1. The molecule has 9 heteroatoms. The maximum atomic E-state index is 12.5. The molecule has 1 aromatic rings. The minimum atomic E-state index is -0.237. The maximum absolute atomic E-state index is 12.5. The molecule has 1 N–H and O–H groups in total. The number of hydrogen-bond donors (Lipinski definition) is 1. The van der Waals surface area contributed by atoms with E-state index in [1.807, 2.05) is 18.7 Å². The maximum Gasteiger partial charge on any atom is 0.251 e. The highest BCUT2D eigenvalue weighted by Gasteiger charge is 2.30. The van der Waals surface area contributed by atoms with Crippen molar-refractivity contribution in [2.75, 3.05) is 45.9 Å². The molecule has 1 atom stereocenters. The lowest BCUT2D eigenvalue weighted by atomic mass is 10.2. The van der Waals surface area contributed by atoms with E-state index in [-0.39, 0.29) is 17.9 Å². The molecular formula is C19H32N6O3. The number of piperazine rings is 1. The van der Waals surface area contributed by atoms with Gasteiger partial charge in [0.25, 0.3) is 5.91 Å². The van der Waals surface area contributed by atoms with Crippen LogP contribution in [0.25, 0.3) is 0 Å². The van der Waals surface area contributed by atoms with E-state index < -0.39 is 0 Å². The molecule has 2 fully saturated rings. The Hall–Kier alpha value is -2.16. The molecule has 9 nitrogen and oxygen atoms in total. The zero-order chi connectivity index (χ0) is 19.9. The van der Waals surface area contributed by atoms with Crippen LogP contribution in [0.3, 0.4) is 0 Å². The van der Waals surface area contributed by atoms with Crippen LogP contribution in [0.15, 0.2) is 9.52 Å². The van der Waals surface area contributed by atoms with Crippen molar-refractivity contribution < 1.29 is 14.1 Å². The van der Waals surface area contributed by atoms with E-state index in [4.69, 9.17) is 14.3 Å². The van der Waals surface area contributed by atoms with Crippen LogP contribution in [-0.2, 0) is 16.0 Å². The summed E-state index contributed by atoms with van der Waals surface area (Å²) in [5.41, 5.74) is 0. The standard InChI is InChI=1S/C19H32N6O3/c1-4-20-19(21-8-7-16-22-17(14(2)3)23-28-16)25-11-9-24(10-12-25)18(26)15-6-5-13-27-15/h14-15H,4-13H2,1-3H3,(H,20,21). The van der Waals surface area contributed by atoms with Crippen LogP contribution < -0.4 is 5.32 Å². The largest absolute Gasteiger partial charge is 0.368 e. The van der Waals surface area contributed by atoms with Gasteiger partial charge < -0.3 is 24.4 Å². The van der Waals surface area contributed by atoms with Crippen LogP contribution in [0.1, 0.15) is 51.2 Å². The Bertz CT molecular complexity index is 660. The minimum Gasteiger partial charge on any atom is -0.368 e. The van der Waals surface area contributed by atoms with Gasteiger partial charge in [0, 0.05) is 51.7 Å². The fourth-order valence-corrected chi connectivity index (χ4v) is 3.40. The van der Waals surface area contributed by atoms with Gasteiger partial charge in [-0.05, 0) is 19.8 Å². The van der Waals surface area contributed by atoms with Crippen LogP contribution >= 0.6 is 0 Å². The quantitative estimate of drug-likeness (QED) is 0.570. The monoisotopic (exact) mass is 392 g/mol. The third kappa shape index (κ3) is 5.21. The number of aromatic nitrogens is 2. The molecule has 3 heterocycles. The fourth-order valence-electron chi connectivity index (χ4n) is 3.40. The van der Waals surface area contributed by atoms with Gasteiger partial charge in [0.15, 0.2) is 11.8 Å². The van der Waals surface area contributed by atoms with Gasteiger partial charge in [-0.3, -0.25) is 9.79 Å². The van der Waals surface area contributed by atoms with Crippen LogP contribution in [0.4, 0.5) is 0 Å². The average Bonchev–Trinajstić information content (AvgIpc) is 3.39. The molecule has 0 bridgehead atoms. The zero-order valence-electron chi connectivity index (χ0n) is 17.2. The van der Waals surface area contributed by atoms with Gasteiger partial charge >= 0.3 is 0 Å². The predicted molar refractivity (Wildman–Crippen MR) is 105 cm³/mol. The Balaban J connectivity index is 1.50. The van der Waals surface area contributed by atoms with E-state index in [0.29, 0.717) is 38.6 Å². The Kier molecular flexibility index (Phi) is 7.24. The molecule has 0 saturated carbocycles. The van der Waals surface area contributed by atoms with Gasteiger partial charge in [0.05, 0.1) is 6.54 Å². The Morgan fingerprint density at radius 3 is 2.64 bits per heavy atom. The van der Waals surface area contributed by atoms with Gasteiger partial charge in [-0.2, -0.15) is 4.98 Å². The average molecular weight is 393 g/mol. The number of hydrogen-bond acceptors (Lipinski definition) is 6. The second kappa shape index (κ2) is 9.86. The molecule has 1 amide bonds. The number of ether oxygens (including phenoxy) is 1. The van der Waals surface area contributed by atoms with Crippen molar-refractivity contribution >= 4 is 11.9 Å². The van der Waals surface area contributed by atoms with Crippen molar-refractivity contribution in [3.05, 3.63) is 11.7 Å². The summed E-state index contributed by atoms with van der Waals surface area (Å²) in [6.07, 6.45) is 2.20. The number of guanidine groups is 1. The molecular weight excluding hydrogens is 360 g/mol. The SMILES string of the molecule is CCNC(=NCCc1nc(C(C)C)no1)N1CCN(C(=O)C2CCCO2)CC1. The van der Waals surface area contributed by atoms with Crippen molar-refractivity contribution in [3.63, 3.8) is 0 Å². The number of nitrogens with one attached hydrogen (secondary N) is 1. The third-order valence-electron chi connectivity index (χ3n) is 5.02. The smallest absolute Gasteiger partial charge is 0.251 e. The van der Waals surface area contributed by atoms with Crippen molar-refractivity contribution in [2.45, 2.75) is 52.1 Å². The van der Waals surface area contributed by atoms with E-state index in [0.717, 1.165) is 44.3 Å². The van der Waals surface area contributed by atoms with Crippen molar-refractivity contribution in [2.24, 2.45) is 4.99 Å². The van der Waals surface area contributed by atoms with Crippen LogP contribution in [0.5, 0.6) is 0 Å². The molecule has 0 spiro atoms. The summed E-state index contributed by atoms with van der Waals surface area (Å²) in [7, 11) is 0. The molecule has 1 unspecified atom stereocenters. The lowest BCUT2D eigenvalue weighted by Gasteiger charge is -2.37.